The molecule has 10 heteroatoms. The highest BCUT2D eigenvalue weighted by Crippen LogP contribution is 2.37. The number of benzene rings is 2. The van der Waals surface area contributed by atoms with E-state index in [9.17, 15) is 13.2 Å². The summed E-state index contributed by atoms with van der Waals surface area (Å²) in [5.41, 5.74) is 2.14. The largest absolute Gasteiger partial charge is 0.447 e. The molecule has 1 aromatic heterocycles. The predicted molar refractivity (Wildman–Crippen MR) is 147 cm³/mol. The second-order valence-corrected chi connectivity index (χ2v) is 12.7. The van der Waals surface area contributed by atoms with E-state index in [2.05, 4.69) is 20.3 Å². The van der Waals surface area contributed by atoms with Crippen molar-refractivity contribution in [2.24, 2.45) is 0 Å². The van der Waals surface area contributed by atoms with Crippen molar-refractivity contribution in [1.29, 1.82) is 0 Å². The van der Waals surface area contributed by atoms with Crippen molar-refractivity contribution in [3.8, 4) is 21.0 Å². The molecule has 1 heterocycles. The molecule has 0 spiro atoms. The Morgan fingerprint density at radius 3 is 2.22 bits per heavy atom. The Balaban J connectivity index is 1.93. The molecule has 0 radical (unpaired) electrons. The smallest absolute Gasteiger partial charge is 0.411 e. The fourth-order valence-corrected chi connectivity index (χ4v) is 6.11. The van der Waals surface area contributed by atoms with Crippen LogP contribution in [0.1, 0.15) is 48.5 Å². The van der Waals surface area contributed by atoms with E-state index in [0.29, 0.717) is 11.3 Å². The summed E-state index contributed by atoms with van der Waals surface area (Å²) in [6.07, 6.45) is 0.968. The molecule has 3 aromatic rings. The predicted octanol–water partition coefficient (Wildman–Crippen LogP) is 6.33. The summed E-state index contributed by atoms with van der Waals surface area (Å²) >= 11 is 1.40. The molecule has 36 heavy (non-hydrogen) atoms. The number of amides is 1. The minimum atomic E-state index is -3.80. The lowest BCUT2D eigenvalue weighted by molar-refractivity contribution is 0.130. The van der Waals surface area contributed by atoms with Gasteiger partial charge in [-0.25, -0.2) is 22.9 Å². The van der Waals surface area contributed by atoms with Gasteiger partial charge in [-0.3, -0.25) is 5.32 Å². The van der Waals surface area contributed by atoms with Gasteiger partial charge in [0.25, 0.3) is 0 Å². The molecule has 0 aliphatic carbocycles. The number of aromatic nitrogens is 1. The molecule has 1 amide bonds. The van der Waals surface area contributed by atoms with Crippen LogP contribution in [0.25, 0.3) is 21.0 Å². The number of carbonyl (C=O) groups excluding carboxylic acids is 1. The number of thiazole rings is 1. The van der Waals surface area contributed by atoms with Gasteiger partial charge in [0.05, 0.1) is 15.9 Å². The van der Waals surface area contributed by atoms with Crippen LogP contribution in [0.3, 0.4) is 0 Å². The molecule has 0 saturated heterocycles. The van der Waals surface area contributed by atoms with Gasteiger partial charge in [-0.15, -0.1) is 11.3 Å². The molecule has 0 fully saturated rings. The summed E-state index contributed by atoms with van der Waals surface area (Å²) < 4.78 is 34.6. The normalized spacial score (nSPS) is 12.1. The summed E-state index contributed by atoms with van der Waals surface area (Å²) in [6.45, 7) is 13.0. The zero-order valence-corrected chi connectivity index (χ0v) is 23.3. The van der Waals surface area contributed by atoms with E-state index in [-0.39, 0.29) is 17.0 Å². The van der Waals surface area contributed by atoms with Crippen LogP contribution in [0.2, 0.25) is 0 Å². The van der Waals surface area contributed by atoms with Crippen molar-refractivity contribution in [1.82, 2.24) is 9.71 Å². The first-order valence-electron chi connectivity index (χ1n) is 11.7. The maximum absolute atomic E-state index is 13.3. The maximum atomic E-state index is 13.3. The first-order chi connectivity index (χ1) is 16.7. The summed E-state index contributed by atoms with van der Waals surface area (Å²) in [4.78, 5) is 17.3. The topological polar surface area (TPSA) is 109 Å². The highest BCUT2D eigenvalue weighted by Gasteiger charge is 2.26. The first kappa shape index (κ1) is 27.6. The van der Waals surface area contributed by atoms with Crippen LogP contribution in [0.5, 0.6) is 0 Å². The minimum Gasteiger partial charge on any atom is -0.447 e. The van der Waals surface area contributed by atoms with Gasteiger partial charge in [0, 0.05) is 40.3 Å². The molecule has 0 atom stereocenters. The standard InChI is InChI=1S/C26H34N4O4S2/c1-16(2)28-20-12-13-21(23(14-20)36(32,33)30-26(5,6)7)22-15-27-24(35-22)18-8-10-19(11-9-18)29-25(31)34-17(3)4/h8-17,28,30H,1-7H3,(H,29,31). The fourth-order valence-electron chi connectivity index (χ4n) is 3.42. The van der Waals surface area contributed by atoms with Crippen molar-refractivity contribution in [3.63, 3.8) is 0 Å². The molecule has 0 unspecified atom stereocenters. The number of hydrogen-bond acceptors (Lipinski definition) is 7. The van der Waals surface area contributed by atoms with Gasteiger partial charge in [0.15, 0.2) is 0 Å². The average Bonchev–Trinajstić information content (AvgIpc) is 3.21. The van der Waals surface area contributed by atoms with Crippen molar-refractivity contribution in [3.05, 3.63) is 48.7 Å². The van der Waals surface area contributed by atoms with E-state index in [0.717, 1.165) is 21.1 Å². The third-order valence-corrected chi connectivity index (χ3v) is 7.54. The molecule has 0 aliphatic rings. The van der Waals surface area contributed by atoms with E-state index in [1.54, 1.807) is 38.2 Å². The zero-order valence-electron chi connectivity index (χ0n) is 21.7. The third-order valence-electron chi connectivity index (χ3n) is 4.66. The molecule has 0 bridgehead atoms. The lowest BCUT2D eigenvalue weighted by Gasteiger charge is -2.22. The van der Waals surface area contributed by atoms with Crippen LogP contribution < -0.4 is 15.4 Å². The summed E-state index contributed by atoms with van der Waals surface area (Å²) in [6, 6.07) is 12.8. The number of ether oxygens (including phenoxy) is 1. The van der Waals surface area contributed by atoms with Gasteiger partial charge < -0.3 is 10.1 Å². The minimum absolute atomic E-state index is 0.154. The maximum Gasteiger partial charge on any atom is 0.411 e. The number of anilines is 2. The Hall–Kier alpha value is -2.95. The lowest BCUT2D eigenvalue weighted by atomic mass is 10.1. The lowest BCUT2D eigenvalue weighted by Crippen LogP contribution is -2.40. The second kappa shape index (κ2) is 11.0. The third kappa shape index (κ3) is 7.52. The van der Waals surface area contributed by atoms with Crippen molar-refractivity contribution >= 4 is 38.8 Å². The van der Waals surface area contributed by atoms with Crippen molar-refractivity contribution in [2.45, 2.75) is 71.0 Å². The molecule has 0 aliphatic heterocycles. The van der Waals surface area contributed by atoms with E-state index < -0.39 is 21.7 Å². The monoisotopic (exact) mass is 530 g/mol. The molecule has 3 rings (SSSR count). The summed E-state index contributed by atoms with van der Waals surface area (Å²) in [5, 5.41) is 6.70. The molecule has 3 N–H and O–H groups in total. The van der Waals surface area contributed by atoms with Crippen LogP contribution in [0, 0.1) is 0 Å². The summed E-state index contributed by atoms with van der Waals surface area (Å²) in [7, 11) is -3.80. The number of nitrogens with one attached hydrogen (secondary N) is 3. The molecule has 194 valence electrons. The van der Waals surface area contributed by atoms with Crippen molar-refractivity contribution in [2.75, 3.05) is 10.6 Å². The fraction of sp³-hybridized carbons (Fsp3) is 0.385. The van der Waals surface area contributed by atoms with E-state index >= 15 is 0 Å². The van der Waals surface area contributed by atoms with Gasteiger partial charge in [-0.1, -0.05) is 6.07 Å². The van der Waals surface area contributed by atoms with Gasteiger partial charge >= 0.3 is 6.09 Å². The molecule has 0 saturated carbocycles. The molecule has 8 nitrogen and oxygen atoms in total. The SMILES string of the molecule is CC(C)Nc1ccc(-c2cnc(-c3ccc(NC(=O)OC(C)C)cc3)s2)c(S(=O)(=O)NC(C)(C)C)c1. The second-order valence-electron chi connectivity index (χ2n) is 10.1. The Morgan fingerprint density at radius 1 is 1.00 bits per heavy atom. The van der Waals surface area contributed by atoms with Gasteiger partial charge in [-0.05, 0) is 84.9 Å². The van der Waals surface area contributed by atoms with E-state index in [1.165, 1.54) is 11.3 Å². The van der Waals surface area contributed by atoms with E-state index in [4.69, 9.17) is 4.74 Å². The Morgan fingerprint density at radius 2 is 1.64 bits per heavy atom. The van der Waals surface area contributed by atoms with Gasteiger partial charge in [0.1, 0.15) is 5.01 Å². The Kier molecular flexibility index (Phi) is 8.43. The summed E-state index contributed by atoms with van der Waals surface area (Å²) in [5.74, 6) is 0. The number of nitrogens with zero attached hydrogens (tertiary/aromatic N) is 1. The molecule has 2 aromatic carbocycles. The highest BCUT2D eigenvalue weighted by atomic mass is 32.2. The van der Waals surface area contributed by atoms with Crippen LogP contribution in [0.4, 0.5) is 16.2 Å². The van der Waals surface area contributed by atoms with Crippen molar-refractivity contribution < 1.29 is 17.9 Å². The van der Waals surface area contributed by atoms with Crippen LogP contribution in [-0.4, -0.2) is 37.2 Å². The number of carbonyl (C=O) groups is 1. The first-order valence-corrected chi connectivity index (χ1v) is 14.0. The number of hydrogen-bond donors (Lipinski definition) is 3. The van der Waals surface area contributed by atoms with Crippen LogP contribution in [-0.2, 0) is 14.8 Å². The average molecular weight is 531 g/mol. The molecular weight excluding hydrogens is 496 g/mol. The van der Waals surface area contributed by atoms with Crippen LogP contribution >= 0.6 is 11.3 Å². The number of rotatable bonds is 8. The number of sulfonamides is 1. The van der Waals surface area contributed by atoms with Gasteiger partial charge in [-0.2, -0.15) is 0 Å². The highest BCUT2D eigenvalue weighted by molar-refractivity contribution is 7.89. The zero-order chi connectivity index (χ0) is 26.7. The Bertz CT molecular complexity index is 1310. The van der Waals surface area contributed by atoms with E-state index in [1.807, 2.05) is 58.9 Å². The molecular formula is C26H34N4O4S2. The van der Waals surface area contributed by atoms with Crippen LogP contribution in [0.15, 0.2) is 53.6 Å². The van der Waals surface area contributed by atoms with Gasteiger partial charge in [0.2, 0.25) is 10.0 Å². The quantitative estimate of drug-likeness (QED) is 0.314. The Labute approximate surface area is 217 Å².